The molecule has 5 heteroatoms. The van der Waals surface area contributed by atoms with Crippen LogP contribution in [0.1, 0.15) is 30.6 Å². The molecule has 2 fully saturated rings. The van der Waals surface area contributed by atoms with Crippen molar-refractivity contribution in [3.63, 3.8) is 0 Å². The maximum Gasteiger partial charge on any atom is 0.222 e. The second-order valence-corrected chi connectivity index (χ2v) is 8.53. The van der Waals surface area contributed by atoms with E-state index in [1.807, 2.05) is 31.0 Å². The molecule has 0 N–H and O–H groups in total. The summed E-state index contributed by atoms with van der Waals surface area (Å²) in [5, 5.41) is 0. The van der Waals surface area contributed by atoms with Crippen LogP contribution < -0.4 is 0 Å². The number of furan rings is 1. The van der Waals surface area contributed by atoms with Gasteiger partial charge < -0.3 is 9.32 Å². The van der Waals surface area contributed by atoms with Crippen LogP contribution in [0.15, 0.2) is 40.8 Å². The lowest BCUT2D eigenvalue weighted by Crippen LogP contribution is -2.60. The van der Waals surface area contributed by atoms with Gasteiger partial charge in [0.2, 0.25) is 5.91 Å². The van der Waals surface area contributed by atoms with Crippen molar-refractivity contribution in [3.05, 3.63) is 47.7 Å². The molecule has 1 atom stereocenters. The highest BCUT2D eigenvalue weighted by atomic mass is 16.3. The van der Waals surface area contributed by atoms with Crippen LogP contribution in [0, 0.1) is 6.92 Å². The van der Waals surface area contributed by atoms with E-state index in [-0.39, 0.29) is 11.4 Å². The Morgan fingerprint density at radius 2 is 1.93 bits per heavy atom. The Balaban J connectivity index is 1.49. The Hall–Kier alpha value is -2.11. The van der Waals surface area contributed by atoms with Crippen molar-refractivity contribution < 1.29 is 9.21 Å². The quantitative estimate of drug-likeness (QED) is 0.817. The number of benzene rings is 1. The summed E-state index contributed by atoms with van der Waals surface area (Å²) in [6, 6.07) is 12.7. The molecule has 0 bridgehead atoms. The van der Waals surface area contributed by atoms with Gasteiger partial charge in [-0.05, 0) is 50.6 Å². The van der Waals surface area contributed by atoms with Gasteiger partial charge in [0.15, 0.2) is 0 Å². The van der Waals surface area contributed by atoms with Gasteiger partial charge in [-0.1, -0.05) is 18.2 Å². The van der Waals surface area contributed by atoms with Crippen LogP contribution in [0.25, 0.3) is 11.3 Å². The second kappa shape index (κ2) is 7.72. The molecule has 2 saturated heterocycles. The summed E-state index contributed by atoms with van der Waals surface area (Å²) >= 11 is 0. The molecule has 0 radical (unpaired) electrons. The van der Waals surface area contributed by atoms with E-state index in [9.17, 15) is 4.79 Å². The molecule has 0 saturated carbocycles. The van der Waals surface area contributed by atoms with Crippen LogP contribution >= 0.6 is 0 Å². The van der Waals surface area contributed by atoms with E-state index < -0.39 is 0 Å². The van der Waals surface area contributed by atoms with Crippen molar-refractivity contribution >= 4 is 5.91 Å². The fraction of sp³-hybridized carbons (Fsp3) is 0.522. The number of rotatable bonds is 3. The molecule has 3 heterocycles. The highest BCUT2D eigenvalue weighted by Crippen LogP contribution is 2.32. The van der Waals surface area contributed by atoms with E-state index in [1.165, 1.54) is 5.56 Å². The molecular weight excluding hydrogens is 350 g/mol. The number of hydrogen-bond acceptors (Lipinski definition) is 4. The van der Waals surface area contributed by atoms with Gasteiger partial charge in [-0.25, -0.2) is 0 Å². The summed E-state index contributed by atoms with van der Waals surface area (Å²) in [5.41, 5.74) is 2.55. The van der Waals surface area contributed by atoms with E-state index >= 15 is 0 Å². The standard InChI is InChI=1S/C23H31N3O2/c1-18-7-8-21(28-18)20-6-4-5-19(15-20)16-26-14-13-25(3)23(17-26)10-9-22(27)24(2)12-11-23/h4-8,15H,9-14,16-17H2,1-3H3/t23-/m0/s1. The average Bonchev–Trinajstić information content (AvgIpc) is 3.07. The van der Waals surface area contributed by atoms with Crippen molar-refractivity contribution in [2.45, 2.75) is 38.3 Å². The number of nitrogens with zero attached hydrogens (tertiary/aromatic N) is 3. The molecule has 4 rings (SSSR count). The first kappa shape index (κ1) is 19.2. The van der Waals surface area contributed by atoms with Crippen molar-refractivity contribution in [2.75, 3.05) is 40.3 Å². The maximum absolute atomic E-state index is 12.2. The molecule has 1 aromatic carbocycles. The highest BCUT2D eigenvalue weighted by molar-refractivity contribution is 5.76. The number of carbonyl (C=O) groups excluding carboxylic acids is 1. The number of aryl methyl sites for hydroxylation is 1. The molecule has 1 aromatic heterocycles. The summed E-state index contributed by atoms with van der Waals surface area (Å²) in [6.07, 6.45) is 2.66. The molecular formula is C23H31N3O2. The summed E-state index contributed by atoms with van der Waals surface area (Å²) < 4.78 is 5.80. The van der Waals surface area contributed by atoms with Gasteiger partial charge in [0, 0.05) is 57.3 Å². The minimum absolute atomic E-state index is 0.106. The largest absolute Gasteiger partial charge is 0.461 e. The first-order valence-electron chi connectivity index (χ1n) is 10.3. The fourth-order valence-electron chi connectivity index (χ4n) is 4.65. The third-order valence-corrected chi connectivity index (χ3v) is 6.58. The van der Waals surface area contributed by atoms with Crippen LogP contribution in [0.5, 0.6) is 0 Å². The van der Waals surface area contributed by atoms with Crippen molar-refractivity contribution in [1.29, 1.82) is 0 Å². The Kier molecular flexibility index (Phi) is 5.30. The van der Waals surface area contributed by atoms with Gasteiger partial charge >= 0.3 is 0 Å². The first-order chi connectivity index (χ1) is 13.4. The van der Waals surface area contributed by atoms with Crippen molar-refractivity contribution in [1.82, 2.24) is 14.7 Å². The molecule has 2 aromatic rings. The molecule has 1 amide bonds. The number of likely N-dealkylation sites (tertiary alicyclic amines) is 1. The van der Waals surface area contributed by atoms with Gasteiger partial charge in [0.05, 0.1) is 0 Å². The average molecular weight is 382 g/mol. The van der Waals surface area contributed by atoms with E-state index in [2.05, 4.69) is 41.1 Å². The van der Waals surface area contributed by atoms with Gasteiger partial charge in [-0.2, -0.15) is 0 Å². The summed E-state index contributed by atoms with van der Waals surface area (Å²) in [4.78, 5) is 19.1. The predicted molar refractivity (Wildman–Crippen MR) is 111 cm³/mol. The topological polar surface area (TPSA) is 39.9 Å². The van der Waals surface area contributed by atoms with Gasteiger partial charge in [0.1, 0.15) is 11.5 Å². The molecule has 2 aliphatic heterocycles. The van der Waals surface area contributed by atoms with E-state index in [1.54, 1.807) is 0 Å². The maximum atomic E-state index is 12.2. The van der Waals surface area contributed by atoms with Gasteiger partial charge in [-0.15, -0.1) is 0 Å². The van der Waals surface area contributed by atoms with Crippen molar-refractivity contribution in [3.8, 4) is 11.3 Å². The zero-order chi connectivity index (χ0) is 19.7. The first-order valence-corrected chi connectivity index (χ1v) is 10.3. The number of hydrogen-bond donors (Lipinski definition) is 0. The monoisotopic (exact) mass is 381 g/mol. The second-order valence-electron chi connectivity index (χ2n) is 8.53. The fourth-order valence-corrected chi connectivity index (χ4v) is 4.65. The Morgan fingerprint density at radius 3 is 2.71 bits per heavy atom. The Morgan fingerprint density at radius 1 is 1.07 bits per heavy atom. The molecule has 1 spiro atoms. The molecule has 28 heavy (non-hydrogen) atoms. The minimum Gasteiger partial charge on any atom is -0.461 e. The van der Waals surface area contributed by atoms with Crippen LogP contribution in [0.2, 0.25) is 0 Å². The van der Waals surface area contributed by atoms with Crippen molar-refractivity contribution in [2.24, 2.45) is 0 Å². The van der Waals surface area contributed by atoms with Crippen LogP contribution in [0.4, 0.5) is 0 Å². The third-order valence-electron chi connectivity index (χ3n) is 6.58. The van der Waals surface area contributed by atoms with Gasteiger partial charge in [0.25, 0.3) is 0 Å². The zero-order valence-electron chi connectivity index (χ0n) is 17.3. The Bertz CT molecular complexity index is 846. The molecule has 2 aliphatic rings. The number of piperazine rings is 1. The molecule has 5 nitrogen and oxygen atoms in total. The molecule has 150 valence electrons. The van der Waals surface area contributed by atoms with E-state index in [0.29, 0.717) is 6.42 Å². The number of carbonyl (C=O) groups is 1. The van der Waals surface area contributed by atoms with Crippen LogP contribution in [-0.4, -0.2) is 66.4 Å². The zero-order valence-corrected chi connectivity index (χ0v) is 17.3. The Labute approximate surface area is 167 Å². The summed E-state index contributed by atoms with van der Waals surface area (Å²) in [5.74, 6) is 2.15. The van der Waals surface area contributed by atoms with Gasteiger partial charge in [-0.3, -0.25) is 14.6 Å². The summed E-state index contributed by atoms with van der Waals surface area (Å²) in [7, 11) is 4.16. The lowest BCUT2D eigenvalue weighted by Gasteiger charge is -2.49. The van der Waals surface area contributed by atoms with E-state index in [0.717, 1.165) is 62.6 Å². The number of likely N-dealkylation sites (N-methyl/N-ethyl adjacent to an activating group) is 1. The van der Waals surface area contributed by atoms with Crippen LogP contribution in [0.3, 0.4) is 0 Å². The lowest BCUT2D eigenvalue weighted by molar-refractivity contribution is -0.129. The SMILES string of the molecule is Cc1ccc(-c2cccc(CN3CCN(C)[C@]4(CCC(=O)N(C)CC4)C3)c2)o1. The number of amides is 1. The van der Waals surface area contributed by atoms with E-state index in [4.69, 9.17) is 4.42 Å². The smallest absolute Gasteiger partial charge is 0.222 e. The lowest BCUT2D eigenvalue weighted by atomic mass is 9.86. The predicted octanol–water partition coefficient (Wildman–Crippen LogP) is 3.38. The normalized spacial score (nSPS) is 24.7. The molecule has 0 aliphatic carbocycles. The molecule has 0 unspecified atom stereocenters. The summed E-state index contributed by atoms with van der Waals surface area (Å²) in [6.45, 7) is 6.90. The highest BCUT2D eigenvalue weighted by Gasteiger charge is 2.41. The minimum atomic E-state index is 0.106. The third kappa shape index (κ3) is 3.87. The van der Waals surface area contributed by atoms with Crippen LogP contribution in [-0.2, 0) is 11.3 Å².